The molecule has 154 valence electrons. The first kappa shape index (κ1) is 19.6. The summed E-state index contributed by atoms with van der Waals surface area (Å²) in [5.41, 5.74) is 3.10. The Labute approximate surface area is 171 Å². The smallest absolute Gasteiger partial charge is 0.274 e. The Morgan fingerprint density at radius 3 is 2.34 bits per heavy atom. The summed E-state index contributed by atoms with van der Waals surface area (Å²) in [6.45, 7) is 8.83. The van der Waals surface area contributed by atoms with Gasteiger partial charge in [0.1, 0.15) is 5.69 Å². The highest BCUT2D eigenvalue weighted by molar-refractivity contribution is 6.03. The number of aromatic nitrogens is 2. The van der Waals surface area contributed by atoms with E-state index in [1.54, 1.807) is 6.07 Å². The van der Waals surface area contributed by atoms with E-state index in [1.807, 2.05) is 19.1 Å². The van der Waals surface area contributed by atoms with Gasteiger partial charge in [0.05, 0.1) is 13.2 Å². The molecule has 8 heteroatoms. The van der Waals surface area contributed by atoms with Crippen molar-refractivity contribution >= 4 is 23.2 Å². The van der Waals surface area contributed by atoms with Crippen LogP contribution in [0.15, 0.2) is 30.3 Å². The first-order valence-electron chi connectivity index (χ1n) is 10.1. The number of rotatable bonds is 4. The number of morpholine rings is 1. The molecule has 1 N–H and O–H groups in total. The number of hydrogen-bond acceptors (Lipinski definition) is 7. The van der Waals surface area contributed by atoms with Crippen molar-refractivity contribution in [2.24, 2.45) is 0 Å². The molecular formula is C21H28N6O2. The van der Waals surface area contributed by atoms with Gasteiger partial charge in [-0.15, -0.1) is 0 Å². The Kier molecular flexibility index (Phi) is 5.92. The molecule has 0 atom stereocenters. The Hall–Kier alpha value is -2.71. The lowest BCUT2D eigenvalue weighted by molar-refractivity contribution is 0.102. The fraction of sp³-hybridized carbons (Fsp3) is 0.476. The fourth-order valence-electron chi connectivity index (χ4n) is 3.59. The number of likely N-dealkylation sites (N-methyl/N-ethyl adjacent to an activating group) is 1. The summed E-state index contributed by atoms with van der Waals surface area (Å²) in [6, 6.07) is 9.74. The van der Waals surface area contributed by atoms with Gasteiger partial charge in [-0.2, -0.15) is 0 Å². The van der Waals surface area contributed by atoms with Crippen LogP contribution in [0.4, 0.5) is 17.3 Å². The van der Waals surface area contributed by atoms with Gasteiger partial charge in [-0.05, 0) is 44.3 Å². The normalized spacial score (nSPS) is 18.0. The van der Waals surface area contributed by atoms with E-state index < -0.39 is 0 Å². The SMILES string of the molecule is Cc1cc(C(=O)Nc2ccc(N3CCN(C)CC3)cc2)nc(N2CCOCC2)n1. The molecule has 0 unspecified atom stereocenters. The van der Waals surface area contributed by atoms with Crippen LogP contribution >= 0.6 is 0 Å². The molecule has 2 aromatic rings. The van der Waals surface area contributed by atoms with Crippen LogP contribution < -0.4 is 15.1 Å². The van der Waals surface area contributed by atoms with Gasteiger partial charge in [0.2, 0.25) is 5.95 Å². The molecule has 29 heavy (non-hydrogen) atoms. The van der Waals surface area contributed by atoms with Crippen LogP contribution in [-0.4, -0.2) is 80.3 Å². The Bertz CT molecular complexity index is 843. The molecule has 2 aliphatic rings. The van der Waals surface area contributed by atoms with Crippen molar-refractivity contribution in [1.29, 1.82) is 0 Å². The van der Waals surface area contributed by atoms with Gasteiger partial charge in [-0.25, -0.2) is 9.97 Å². The molecule has 2 saturated heterocycles. The number of piperazine rings is 1. The molecule has 0 spiro atoms. The molecule has 8 nitrogen and oxygen atoms in total. The van der Waals surface area contributed by atoms with Crippen molar-refractivity contribution in [3.63, 3.8) is 0 Å². The summed E-state index contributed by atoms with van der Waals surface area (Å²) in [6.07, 6.45) is 0. The number of benzene rings is 1. The second kappa shape index (κ2) is 8.75. The van der Waals surface area contributed by atoms with E-state index in [4.69, 9.17) is 4.74 Å². The quantitative estimate of drug-likeness (QED) is 0.842. The van der Waals surface area contributed by atoms with Crippen molar-refractivity contribution in [3.8, 4) is 0 Å². The van der Waals surface area contributed by atoms with Crippen molar-refractivity contribution < 1.29 is 9.53 Å². The lowest BCUT2D eigenvalue weighted by atomic mass is 10.2. The molecule has 0 radical (unpaired) electrons. The molecule has 1 aromatic carbocycles. The predicted molar refractivity (Wildman–Crippen MR) is 114 cm³/mol. The average Bonchev–Trinajstić information content (AvgIpc) is 2.75. The fourth-order valence-corrected chi connectivity index (χ4v) is 3.59. The minimum absolute atomic E-state index is 0.225. The maximum Gasteiger partial charge on any atom is 0.274 e. The average molecular weight is 396 g/mol. The summed E-state index contributed by atoms with van der Waals surface area (Å²) in [7, 11) is 2.15. The number of nitrogens with zero attached hydrogens (tertiary/aromatic N) is 5. The summed E-state index contributed by atoms with van der Waals surface area (Å²) in [4.78, 5) is 28.5. The Morgan fingerprint density at radius 1 is 0.966 bits per heavy atom. The number of hydrogen-bond donors (Lipinski definition) is 1. The highest BCUT2D eigenvalue weighted by Gasteiger charge is 2.18. The summed E-state index contributed by atoms with van der Waals surface area (Å²) in [5, 5.41) is 2.95. The van der Waals surface area contributed by atoms with Crippen molar-refractivity contribution in [2.75, 3.05) is 74.6 Å². The van der Waals surface area contributed by atoms with Crippen LogP contribution in [0.1, 0.15) is 16.2 Å². The van der Waals surface area contributed by atoms with E-state index in [0.717, 1.165) is 50.6 Å². The first-order chi connectivity index (χ1) is 14.1. The van der Waals surface area contributed by atoms with Crippen LogP contribution in [0.25, 0.3) is 0 Å². The number of amides is 1. The van der Waals surface area contributed by atoms with Gasteiger partial charge in [0.25, 0.3) is 5.91 Å². The Morgan fingerprint density at radius 2 is 1.66 bits per heavy atom. The molecule has 2 aliphatic heterocycles. The zero-order valence-corrected chi connectivity index (χ0v) is 17.1. The van der Waals surface area contributed by atoms with Crippen molar-refractivity contribution in [3.05, 3.63) is 41.7 Å². The third-order valence-electron chi connectivity index (χ3n) is 5.36. The third-order valence-corrected chi connectivity index (χ3v) is 5.36. The van der Waals surface area contributed by atoms with E-state index in [0.29, 0.717) is 24.9 Å². The van der Waals surface area contributed by atoms with E-state index >= 15 is 0 Å². The predicted octanol–water partition coefficient (Wildman–Crippen LogP) is 1.63. The summed E-state index contributed by atoms with van der Waals surface area (Å²) < 4.78 is 5.38. The minimum atomic E-state index is -0.225. The van der Waals surface area contributed by atoms with Crippen LogP contribution in [0, 0.1) is 6.92 Å². The molecule has 4 rings (SSSR count). The van der Waals surface area contributed by atoms with Crippen LogP contribution in [0.2, 0.25) is 0 Å². The second-order valence-corrected chi connectivity index (χ2v) is 7.59. The molecule has 0 bridgehead atoms. The lowest BCUT2D eigenvalue weighted by Crippen LogP contribution is -2.44. The summed E-state index contributed by atoms with van der Waals surface area (Å²) in [5.74, 6) is 0.362. The van der Waals surface area contributed by atoms with Crippen molar-refractivity contribution in [1.82, 2.24) is 14.9 Å². The highest BCUT2D eigenvalue weighted by atomic mass is 16.5. The molecule has 0 saturated carbocycles. The number of anilines is 3. The van der Waals surface area contributed by atoms with E-state index in [-0.39, 0.29) is 5.91 Å². The number of carbonyl (C=O) groups is 1. The van der Waals surface area contributed by atoms with Gasteiger partial charge in [0.15, 0.2) is 0 Å². The molecular weight excluding hydrogens is 368 g/mol. The van der Waals surface area contributed by atoms with Crippen molar-refractivity contribution in [2.45, 2.75) is 6.92 Å². The van der Waals surface area contributed by atoms with E-state index in [1.165, 1.54) is 5.69 Å². The van der Waals surface area contributed by atoms with Crippen LogP contribution in [0.5, 0.6) is 0 Å². The molecule has 2 fully saturated rings. The largest absolute Gasteiger partial charge is 0.378 e. The monoisotopic (exact) mass is 396 g/mol. The van der Waals surface area contributed by atoms with E-state index in [2.05, 4.69) is 49.2 Å². The topological polar surface area (TPSA) is 73.8 Å². The number of ether oxygens (including phenoxy) is 1. The molecule has 1 amide bonds. The molecule has 0 aliphatic carbocycles. The molecule has 1 aromatic heterocycles. The van der Waals surface area contributed by atoms with Gasteiger partial charge in [-0.3, -0.25) is 4.79 Å². The number of carbonyl (C=O) groups excluding carboxylic acids is 1. The number of nitrogens with one attached hydrogen (secondary N) is 1. The third kappa shape index (κ3) is 4.83. The van der Waals surface area contributed by atoms with Gasteiger partial charge in [-0.1, -0.05) is 0 Å². The zero-order chi connectivity index (χ0) is 20.2. The zero-order valence-electron chi connectivity index (χ0n) is 17.1. The van der Waals surface area contributed by atoms with Gasteiger partial charge < -0.3 is 24.8 Å². The summed E-state index contributed by atoms with van der Waals surface area (Å²) >= 11 is 0. The maximum atomic E-state index is 12.8. The van der Waals surface area contributed by atoms with Crippen LogP contribution in [-0.2, 0) is 4.74 Å². The van der Waals surface area contributed by atoms with Gasteiger partial charge >= 0.3 is 0 Å². The minimum Gasteiger partial charge on any atom is -0.378 e. The number of aryl methyl sites for hydroxylation is 1. The Balaban J connectivity index is 1.43. The lowest BCUT2D eigenvalue weighted by Gasteiger charge is -2.34. The van der Waals surface area contributed by atoms with Gasteiger partial charge in [0, 0.05) is 56.3 Å². The maximum absolute atomic E-state index is 12.8. The van der Waals surface area contributed by atoms with E-state index in [9.17, 15) is 4.79 Å². The highest BCUT2D eigenvalue weighted by Crippen LogP contribution is 2.20. The molecule has 3 heterocycles. The first-order valence-corrected chi connectivity index (χ1v) is 10.1. The second-order valence-electron chi connectivity index (χ2n) is 7.59. The van der Waals surface area contributed by atoms with Crippen LogP contribution in [0.3, 0.4) is 0 Å². The standard InChI is InChI=1S/C21H28N6O2/c1-16-15-19(24-21(22-16)27-11-13-29-14-12-27)20(28)23-17-3-5-18(6-4-17)26-9-7-25(2)8-10-26/h3-6,15H,7-14H2,1-2H3,(H,23,28).